The largest absolute Gasteiger partial charge is 0.298 e. The summed E-state index contributed by atoms with van der Waals surface area (Å²) in [5.41, 5.74) is 11.7. The molecular formula is C37H48N2. The molecule has 2 atom stereocenters. The summed E-state index contributed by atoms with van der Waals surface area (Å²) >= 11 is 0. The van der Waals surface area contributed by atoms with Gasteiger partial charge in [-0.25, -0.2) is 0 Å². The van der Waals surface area contributed by atoms with Crippen molar-refractivity contribution in [2.45, 2.75) is 72.1 Å². The van der Waals surface area contributed by atoms with Gasteiger partial charge in [-0.15, -0.1) is 6.58 Å². The molecule has 1 saturated heterocycles. The lowest BCUT2D eigenvalue weighted by Crippen LogP contribution is -2.36. The van der Waals surface area contributed by atoms with E-state index in [0.29, 0.717) is 17.8 Å². The Labute approximate surface area is 237 Å². The average Bonchev–Trinajstić information content (AvgIpc) is 3.24. The Morgan fingerprint density at radius 3 is 2.41 bits per heavy atom. The van der Waals surface area contributed by atoms with E-state index in [1.54, 1.807) is 0 Å². The van der Waals surface area contributed by atoms with Crippen LogP contribution in [0.25, 0.3) is 11.3 Å². The predicted molar refractivity (Wildman–Crippen MR) is 171 cm³/mol. The lowest BCUT2D eigenvalue weighted by molar-refractivity contribution is 0.238. The SMILES string of the molecule is C=C(C)CCC(C(=C)C)C1Cc2cc(C3CCN(C/C(C)=N/C(=C\CC)c4ccccc4)CC3)ccc2C1=C. The van der Waals surface area contributed by atoms with E-state index in [9.17, 15) is 0 Å². The third-order valence-corrected chi connectivity index (χ3v) is 8.65. The fraction of sp³-hybridized carbons (Fsp3) is 0.432. The number of nitrogens with zero attached hydrogens (tertiary/aromatic N) is 2. The van der Waals surface area contributed by atoms with E-state index in [-0.39, 0.29) is 0 Å². The minimum atomic E-state index is 0.471. The van der Waals surface area contributed by atoms with Gasteiger partial charge in [0.25, 0.3) is 0 Å². The molecule has 2 aliphatic rings. The van der Waals surface area contributed by atoms with Crippen molar-refractivity contribution >= 4 is 17.0 Å². The topological polar surface area (TPSA) is 15.6 Å². The fourth-order valence-electron chi connectivity index (χ4n) is 6.51. The third kappa shape index (κ3) is 7.37. The van der Waals surface area contributed by atoms with Crippen molar-refractivity contribution in [1.29, 1.82) is 0 Å². The van der Waals surface area contributed by atoms with Gasteiger partial charge in [0.1, 0.15) is 0 Å². The van der Waals surface area contributed by atoms with Crippen molar-refractivity contribution < 1.29 is 0 Å². The van der Waals surface area contributed by atoms with Gasteiger partial charge in [0.05, 0.1) is 5.70 Å². The second-order valence-corrected chi connectivity index (χ2v) is 12.0. The van der Waals surface area contributed by atoms with Crippen LogP contribution in [0.4, 0.5) is 0 Å². The second kappa shape index (κ2) is 13.4. The summed E-state index contributed by atoms with van der Waals surface area (Å²) in [6.07, 6.45) is 8.92. The number of likely N-dealkylation sites (tertiary alicyclic amines) is 1. The number of rotatable bonds is 11. The van der Waals surface area contributed by atoms with Gasteiger partial charge < -0.3 is 0 Å². The standard InChI is InChI=1S/C37H48N2/c1-8-12-37(31-13-10-9-11-14-31)38-28(6)25-39-21-19-30(20-22-39)32-16-18-35-29(7)36(24-33(35)23-32)34(27(4)5)17-15-26(2)3/h9-14,16,18,23,30,34,36H,2,4,7-8,15,17,19-22,24-25H2,1,3,5-6H3/b37-12-,38-28+. The van der Waals surface area contributed by atoms with Gasteiger partial charge in [-0.3, -0.25) is 9.89 Å². The summed E-state index contributed by atoms with van der Waals surface area (Å²) < 4.78 is 0. The Hall–Kier alpha value is -2.97. The van der Waals surface area contributed by atoms with Crippen molar-refractivity contribution in [2.75, 3.05) is 19.6 Å². The number of hydrogen-bond acceptors (Lipinski definition) is 2. The van der Waals surface area contributed by atoms with Crippen LogP contribution in [-0.2, 0) is 6.42 Å². The monoisotopic (exact) mass is 520 g/mol. The van der Waals surface area contributed by atoms with Crippen LogP contribution in [0.2, 0.25) is 0 Å². The Morgan fingerprint density at radius 1 is 1.05 bits per heavy atom. The molecule has 0 amide bonds. The van der Waals surface area contributed by atoms with Gasteiger partial charge in [0, 0.05) is 12.3 Å². The molecule has 0 spiro atoms. The molecule has 0 radical (unpaired) electrons. The first-order chi connectivity index (χ1) is 18.8. The molecule has 1 aliphatic carbocycles. The first-order valence-electron chi connectivity index (χ1n) is 14.9. The smallest absolute Gasteiger partial charge is 0.0661 e. The van der Waals surface area contributed by atoms with Gasteiger partial charge in [0.15, 0.2) is 0 Å². The lowest BCUT2D eigenvalue weighted by atomic mass is 9.79. The maximum atomic E-state index is 5.03. The van der Waals surface area contributed by atoms with Crippen molar-refractivity contribution in [3.8, 4) is 0 Å². The molecule has 206 valence electrons. The van der Waals surface area contributed by atoms with E-state index in [0.717, 1.165) is 51.0 Å². The molecule has 1 heterocycles. The summed E-state index contributed by atoms with van der Waals surface area (Å²) in [6.45, 7) is 24.9. The molecule has 2 nitrogen and oxygen atoms in total. The fourth-order valence-corrected chi connectivity index (χ4v) is 6.51. The molecule has 0 aromatic heterocycles. The molecule has 0 N–H and O–H groups in total. The van der Waals surface area contributed by atoms with Gasteiger partial charge in [-0.2, -0.15) is 0 Å². The average molecular weight is 521 g/mol. The molecular weight excluding hydrogens is 472 g/mol. The minimum Gasteiger partial charge on any atom is -0.298 e. The summed E-state index contributed by atoms with van der Waals surface area (Å²) in [6, 6.07) is 17.8. The van der Waals surface area contributed by atoms with E-state index in [1.165, 1.54) is 57.5 Å². The molecule has 4 rings (SSSR count). The van der Waals surface area contributed by atoms with Gasteiger partial charge >= 0.3 is 0 Å². The number of allylic oxidation sites excluding steroid dienone is 4. The zero-order valence-corrected chi connectivity index (χ0v) is 24.8. The van der Waals surface area contributed by atoms with Crippen molar-refractivity contribution in [3.63, 3.8) is 0 Å². The minimum absolute atomic E-state index is 0.471. The summed E-state index contributed by atoms with van der Waals surface area (Å²) in [7, 11) is 0. The van der Waals surface area contributed by atoms with Gasteiger partial charge in [-0.05, 0) is 118 Å². The Kier molecular flexibility index (Phi) is 9.97. The highest BCUT2D eigenvalue weighted by Crippen LogP contribution is 2.45. The number of hydrogen-bond donors (Lipinski definition) is 0. The molecule has 2 heteroatoms. The van der Waals surface area contributed by atoms with E-state index in [4.69, 9.17) is 4.99 Å². The number of fused-ring (bicyclic) bond motifs is 1. The molecule has 2 aromatic rings. The van der Waals surface area contributed by atoms with Crippen LogP contribution >= 0.6 is 0 Å². The van der Waals surface area contributed by atoms with Crippen molar-refractivity contribution in [3.05, 3.63) is 108 Å². The van der Waals surface area contributed by atoms with E-state index >= 15 is 0 Å². The second-order valence-electron chi connectivity index (χ2n) is 12.0. The molecule has 39 heavy (non-hydrogen) atoms. The predicted octanol–water partition coefficient (Wildman–Crippen LogP) is 9.51. The van der Waals surface area contributed by atoms with Crippen LogP contribution < -0.4 is 0 Å². The van der Waals surface area contributed by atoms with Crippen molar-refractivity contribution in [2.24, 2.45) is 16.8 Å². The molecule has 2 unspecified atom stereocenters. The number of piperidine rings is 1. The summed E-state index contributed by atoms with van der Waals surface area (Å²) in [5.74, 6) is 1.59. The van der Waals surface area contributed by atoms with Crippen LogP contribution in [0, 0.1) is 11.8 Å². The lowest BCUT2D eigenvalue weighted by Gasteiger charge is -2.32. The Bertz CT molecular complexity index is 1240. The highest BCUT2D eigenvalue weighted by atomic mass is 15.1. The Balaban J connectivity index is 1.37. The summed E-state index contributed by atoms with van der Waals surface area (Å²) in [4.78, 5) is 7.60. The van der Waals surface area contributed by atoms with Gasteiger partial charge in [-0.1, -0.05) is 85.8 Å². The highest BCUT2D eigenvalue weighted by Gasteiger charge is 2.33. The maximum absolute atomic E-state index is 5.03. The van der Waals surface area contributed by atoms with Crippen LogP contribution in [0.5, 0.6) is 0 Å². The summed E-state index contributed by atoms with van der Waals surface area (Å²) in [5, 5.41) is 0. The molecule has 0 bridgehead atoms. The van der Waals surface area contributed by atoms with E-state index < -0.39 is 0 Å². The van der Waals surface area contributed by atoms with E-state index in [1.807, 2.05) is 0 Å². The normalized spacial score (nSPS) is 19.7. The third-order valence-electron chi connectivity index (χ3n) is 8.65. The Morgan fingerprint density at radius 2 is 1.77 bits per heavy atom. The zero-order valence-electron chi connectivity index (χ0n) is 24.8. The van der Waals surface area contributed by atoms with Crippen LogP contribution in [0.3, 0.4) is 0 Å². The molecule has 1 aliphatic heterocycles. The number of aliphatic imine (C=N–C) groups is 1. The zero-order chi connectivity index (χ0) is 27.9. The first-order valence-corrected chi connectivity index (χ1v) is 14.9. The van der Waals surface area contributed by atoms with Crippen LogP contribution in [0.1, 0.15) is 88.0 Å². The molecule has 0 saturated carbocycles. The number of benzene rings is 2. The quantitative estimate of drug-likeness (QED) is 0.213. The van der Waals surface area contributed by atoms with E-state index in [2.05, 4.69) is 107 Å². The molecule has 2 aromatic carbocycles. The van der Waals surface area contributed by atoms with Gasteiger partial charge in [0.2, 0.25) is 0 Å². The first kappa shape index (κ1) is 29.0. The highest BCUT2D eigenvalue weighted by molar-refractivity contribution is 5.89. The van der Waals surface area contributed by atoms with Crippen molar-refractivity contribution in [1.82, 2.24) is 4.90 Å². The van der Waals surface area contributed by atoms with Crippen LogP contribution in [-0.4, -0.2) is 30.2 Å². The van der Waals surface area contributed by atoms with Crippen LogP contribution in [0.15, 0.2) is 90.5 Å². The molecule has 1 fully saturated rings. The maximum Gasteiger partial charge on any atom is 0.0661 e.